The fourth-order valence-corrected chi connectivity index (χ4v) is 2.55. The van der Waals surface area contributed by atoms with E-state index in [-0.39, 0.29) is 12.1 Å². The summed E-state index contributed by atoms with van der Waals surface area (Å²) in [6.45, 7) is 2.11. The second-order valence-electron chi connectivity index (χ2n) is 5.13. The number of aryl methyl sites for hydroxylation is 1. The van der Waals surface area contributed by atoms with Crippen molar-refractivity contribution in [3.8, 4) is 5.75 Å². The summed E-state index contributed by atoms with van der Waals surface area (Å²) in [7, 11) is 1.37. The van der Waals surface area contributed by atoms with Gasteiger partial charge in [0, 0.05) is 6.42 Å². The average Bonchev–Trinajstić information content (AvgIpc) is 2.80. The third-order valence-corrected chi connectivity index (χ3v) is 3.71. The van der Waals surface area contributed by atoms with Crippen molar-refractivity contribution >= 4 is 5.97 Å². The van der Waals surface area contributed by atoms with Gasteiger partial charge < -0.3 is 15.2 Å². The van der Waals surface area contributed by atoms with Crippen molar-refractivity contribution in [2.75, 3.05) is 7.11 Å². The Morgan fingerprint density at radius 1 is 1.53 bits per heavy atom. The van der Waals surface area contributed by atoms with Crippen LogP contribution in [0.5, 0.6) is 5.75 Å². The zero-order valence-electron chi connectivity index (χ0n) is 11.5. The van der Waals surface area contributed by atoms with E-state index in [2.05, 4.69) is 13.0 Å². The minimum Gasteiger partial charge on any atom is -0.490 e. The molecule has 0 saturated heterocycles. The van der Waals surface area contributed by atoms with Gasteiger partial charge in [-0.2, -0.15) is 0 Å². The number of methoxy groups -OCH3 is 1. The standard InChI is InChI=1S/C15H21NO3/c1-3-11-5-4-6-12(9-11)19-13-7-8-15(16,10-13)14(17)18-2/h4-6,9,13H,3,7-8,10,16H2,1-2H3. The van der Waals surface area contributed by atoms with Crippen LogP contribution >= 0.6 is 0 Å². The fraction of sp³-hybridized carbons (Fsp3) is 0.533. The van der Waals surface area contributed by atoms with Crippen LogP contribution in [0.15, 0.2) is 24.3 Å². The van der Waals surface area contributed by atoms with Crippen LogP contribution in [-0.4, -0.2) is 24.7 Å². The van der Waals surface area contributed by atoms with Gasteiger partial charge in [0.25, 0.3) is 0 Å². The molecular weight excluding hydrogens is 242 g/mol. The largest absolute Gasteiger partial charge is 0.490 e. The maximum Gasteiger partial charge on any atom is 0.325 e. The van der Waals surface area contributed by atoms with E-state index < -0.39 is 5.54 Å². The van der Waals surface area contributed by atoms with Crippen LogP contribution in [0, 0.1) is 0 Å². The van der Waals surface area contributed by atoms with E-state index in [1.54, 1.807) is 0 Å². The van der Waals surface area contributed by atoms with Crippen LogP contribution in [0.2, 0.25) is 0 Å². The molecule has 104 valence electrons. The summed E-state index contributed by atoms with van der Waals surface area (Å²) < 4.78 is 10.7. The van der Waals surface area contributed by atoms with Crippen LogP contribution in [0.3, 0.4) is 0 Å². The Kier molecular flexibility index (Phi) is 4.10. The summed E-state index contributed by atoms with van der Waals surface area (Å²) >= 11 is 0. The van der Waals surface area contributed by atoms with Crippen LogP contribution in [0.25, 0.3) is 0 Å². The molecule has 0 radical (unpaired) electrons. The highest BCUT2D eigenvalue weighted by Gasteiger charge is 2.44. The van der Waals surface area contributed by atoms with E-state index in [0.717, 1.165) is 18.6 Å². The molecule has 1 aliphatic rings. The number of hydrogen-bond acceptors (Lipinski definition) is 4. The Bertz CT molecular complexity index is 460. The predicted molar refractivity (Wildman–Crippen MR) is 73.0 cm³/mol. The lowest BCUT2D eigenvalue weighted by Gasteiger charge is -2.21. The lowest BCUT2D eigenvalue weighted by atomic mass is 10.00. The van der Waals surface area contributed by atoms with Gasteiger partial charge in [-0.25, -0.2) is 0 Å². The van der Waals surface area contributed by atoms with Gasteiger partial charge >= 0.3 is 5.97 Å². The van der Waals surface area contributed by atoms with Crippen molar-refractivity contribution in [2.24, 2.45) is 5.73 Å². The smallest absolute Gasteiger partial charge is 0.325 e. The van der Waals surface area contributed by atoms with Gasteiger partial charge in [0.1, 0.15) is 17.4 Å². The quantitative estimate of drug-likeness (QED) is 0.845. The summed E-state index contributed by atoms with van der Waals surface area (Å²) in [5.41, 5.74) is 6.41. The van der Waals surface area contributed by atoms with Crippen molar-refractivity contribution in [3.05, 3.63) is 29.8 Å². The minimum atomic E-state index is -0.887. The summed E-state index contributed by atoms with van der Waals surface area (Å²) in [5.74, 6) is 0.499. The second kappa shape index (κ2) is 5.61. The summed E-state index contributed by atoms with van der Waals surface area (Å²) in [6.07, 6.45) is 2.86. The zero-order chi connectivity index (χ0) is 13.9. The SMILES string of the molecule is CCc1cccc(OC2CCC(N)(C(=O)OC)C2)c1. The number of benzene rings is 1. The third-order valence-electron chi connectivity index (χ3n) is 3.71. The number of ether oxygens (including phenoxy) is 2. The number of nitrogens with two attached hydrogens (primary N) is 1. The molecule has 1 fully saturated rings. The third kappa shape index (κ3) is 3.07. The molecule has 2 N–H and O–H groups in total. The molecule has 0 aromatic heterocycles. The normalized spacial score (nSPS) is 26.2. The fourth-order valence-electron chi connectivity index (χ4n) is 2.55. The van der Waals surface area contributed by atoms with Gasteiger partial charge in [0.05, 0.1) is 7.11 Å². The average molecular weight is 263 g/mol. The molecule has 0 aliphatic heterocycles. The molecule has 4 nitrogen and oxygen atoms in total. The van der Waals surface area contributed by atoms with Crippen LogP contribution in [0.1, 0.15) is 31.7 Å². The maximum absolute atomic E-state index is 11.6. The Morgan fingerprint density at radius 3 is 3.00 bits per heavy atom. The highest BCUT2D eigenvalue weighted by atomic mass is 16.5. The number of rotatable bonds is 4. The molecule has 2 atom stereocenters. The number of esters is 1. The molecule has 1 saturated carbocycles. The molecule has 0 bridgehead atoms. The molecule has 1 aromatic carbocycles. The lowest BCUT2D eigenvalue weighted by Crippen LogP contribution is -2.47. The van der Waals surface area contributed by atoms with Crippen molar-refractivity contribution in [1.82, 2.24) is 0 Å². The van der Waals surface area contributed by atoms with Gasteiger partial charge in [-0.1, -0.05) is 19.1 Å². The molecule has 2 unspecified atom stereocenters. The molecule has 0 amide bonds. The maximum atomic E-state index is 11.6. The van der Waals surface area contributed by atoms with Gasteiger partial charge in [-0.05, 0) is 37.0 Å². The van der Waals surface area contributed by atoms with Crippen molar-refractivity contribution in [3.63, 3.8) is 0 Å². The summed E-state index contributed by atoms with van der Waals surface area (Å²) in [4.78, 5) is 11.6. The van der Waals surface area contributed by atoms with Gasteiger partial charge in [-0.15, -0.1) is 0 Å². The van der Waals surface area contributed by atoms with Crippen molar-refractivity contribution in [1.29, 1.82) is 0 Å². The molecule has 1 aliphatic carbocycles. The topological polar surface area (TPSA) is 61.5 Å². The number of hydrogen-bond donors (Lipinski definition) is 1. The lowest BCUT2D eigenvalue weighted by molar-refractivity contribution is -0.147. The van der Waals surface area contributed by atoms with Gasteiger partial charge in [0.2, 0.25) is 0 Å². The van der Waals surface area contributed by atoms with Gasteiger partial charge in [0.15, 0.2) is 0 Å². The first kappa shape index (κ1) is 13.9. The highest BCUT2D eigenvalue weighted by molar-refractivity contribution is 5.80. The minimum absolute atomic E-state index is 0.0174. The molecule has 4 heteroatoms. The first-order valence-electron chi connectivity index (χ1n) is 6.70. The molecule has 19 heavy (non-hydrogen) atoms. The first-order chi connectivity index (χ1) is 9.07. The van der Waals surface area contributed by atoms with Gasteiger partial charge in [-0.3, -0.25) is 4.79 Å². The predicted octanol–water partition coefficient (Wildman–Crippen LogP) is 2.05. The van der Waals surface area contributed by atoms with Crippen molar-refractivity contribution < 1.29 is 14.3 Å². The Labute approximate surface area is 113 Å². The summed E-state index contributed by atoms with van der Waals surface area (Å²) in [6, 6.07) is 8.03. The molecule has 1 aromatic rings. The summed E-state index contributed by atoms with van der Waals surface area (Å²) in [5, 5.41) is 0. The first-order valence-corrected chi connectivity index (χ1v) is 6.70. The number of carbonyl (C=O) groups excluding carboxylic acids is 1. The van der Waals surface area contributed by atoms with Crippen LogP contribution in [0.4, 0.5) is 0 Å². The van der Waals surface area contributed by atoms with Crippen LogP contribution in [-0.2, 0) is 16.0 Å². The van der Waals surface area contributed by atoms with E-state index in [1.165, 1.54) is 12.7 Å². The molecule has 2 rings (SSSR count). The Hall–Kier alpha value is -1.55. The number of carbonyl (C=O) groups is 1. The molecule has 0 heterocycles. The Morgan fingerprint density at radius 2 is 2.32 bits per heavy atom. The zero-order valence-corrected chi connectivity index (χ0v) is 11.5. The molecule has 0 spiro atoms. The van der Waals surface area contributed by atoms with E-state index in [9.17, 15) is 4.79 Å². The Balaban J connectivity index is 2.00. The molecular formula is C15H21NO3. The van der Waals surface area contributed by atoms with E-state index >= 15 is 0 Å². The van der Waals surface area contributed by atoms with E-state index in [4.69, 9.17) is 15.2 Å². The van der Waals surface area contributed by atoms with Crippen molar-refractivity contribution in [2.45, 2.75) is 44.2 Å². The van der Waals surface area contributed by atoms with Crippen LogP contribution < -0.4 is 10.5 Å². The highest BCUT2D eigenvalue weighted by Crippen LogP contribution is 2.32. The monoisotopic (exact) mass is 263 g/mol. The second-order valence-corrected chi connectivity index (χ2v) is 5.13. The van der Waals surface area contributed by atoms with E-state index in [0.29, 0.717) is 12.8 Å². The van der Waals surface area contributed by atoms with E-state index in [1.807, 2.05) is 18.2 Å².